The van der Waals surface area contributed by atoms with Gasteiger partial charge in [0.2, 0.25) is 0 Å². The van der Waals surface area contributed by atoms with Crippen LogP contribution in [0.1, 0.15) is 44.2 Å². The second-order valence-corrected chi connectivity index (χ2v) is 8.93. The van der Waals surface area contributed by atoms with E-state index in [9.17, 15) is 15.3 Å². The van der Waals surface area contributed by atoms with Gasteiger partial charge in [0.25, 0.3) is 0 Å². The van der Waals surface area contributed by atoms with Crippen molar-refractivity contribution in [1.29, 1.82) is 0 Å². The summed E-state index contributed by atoms with van der Waals surface area (Å²) in [4.78, 5) is 4.24. The van der Waals surface area contributed by atoms with Gasteiger partial charge in [-0.3, -0.25) is 4.98 Å². The lowest BCUT2D eigenvalue weighted by atomic mass is 9.89. The number of aliphatic hydroxyl groups is 3. The zero-order valence-electron chi connectivity index (χ0n) is 15.1. The summed E-state index contributed by atoms with van der Waals surface area (Å²) in [5.41, 5.74) is 4.84. The van der Waals surface area contributed by atoms with Crippen LogP contribution in [0.15, 0.2) is 18.3 Å². The molecule has 7 heteroatoms. The molecule has 6 nitrogen and oxygen atoms in total. The fourth-order valence-electron chi connectivity index (χ4n) is 3.02. The summed E-state index contributed by atoms with van der Waals surface area (Å²) in [5.74, 6) is 1.97. The standard InChI is InChI=1S/C19H30N2O4S/c20-17(12-26-16-2-1-3-16)19(24,18(22)23)11-14-10-15(6-8-21-14)25-9-7-13-4-5-13/h6,8,10,13,16-18,22-24H,1-5,7,9,11-12,20H2/t17-,19+/m0/s1. The highest BCUT2D eigenvalue weighted by atomic mass is 32.2. The number of hydrogen-bond acceptors (Lipinski definition) is 7. The quantitative estimate of drug-likeness (QED) is 0.429. The Kier molecular flexibility index (Phi) is 6.80. The number of aromatic nitrogens is 1. The smallest absolute Gasteiger partial charge is 0.183 e. The summed E-state index contributed by atoms with van der Waals surface area (Å²) < 4.78 is 5.75. The molecule has 2 fully saturated rings. The van der Waals surface area contributed by atoms with Crippen LogP contribution in [0.5, 0.6) is 5.75 Å². The average Bonchev–Trinajstić information content (AvgIpc) is 3.37. The van der Waals surface area contributed by atoms with Crippen molar-refractivity contribution >= 4 is 11.8 Å². The van der Waals surface area contributed by atoms with E-state index < -0.39 is 17.9 Å². The molecule has 0 aliphatic heterocycles. The maximum atomic E-state index is 10.8. The van der Waals surface area contributed by atoms with Gasteiger partial charge in [0, 0.05) is 41.4 Å². The molecule has 0 bridgehead atoms. The van der Waals surface area contributed by atoms with Gasteiger partial charge in [0.05, 0.1) is 6.61 Å². The van der Waals surface area contributed by atoms with Crippen LogP contribution in [0.2, 0.25) is 0 Å². The van der Waals surface area contributed by atoms with Crippen molar-refractivity contribution in [3.05, 3.63) is 24.0 Å². The molecule has 146 valence electrons. The Balaban J connectivity index is 1.58. The zero-order valence-corrected chi connectivity index (χ0v) is 15.9. The molecule has 1 aromatic heterocycles. The maximum Gasteiger partial charge on any atom is 0.183 e. The molecule has 2 atom stereocenters. The van der Waals surface area contributed by atoms with E-state index in [0.29, 0.717) is 29.1 Å². The molecule has 2 aliphatic carbocycles. The first kappa shape index (κ1) is 19.9. The minimum Gasteiger partial charge on any atom is -0.493 e. The summed E-state index contributed by atoms with van der Waals surface area (Å²) in [5, 5.41) is 31.0. The van der Waals surface area contributed by atoms with Gasteiger partial charge in [-0.1, -0.05) is 19.3 Å². The summed E-state index contributed by atoms with van der Waals surface area (Å²) in [6.07, 6.45) is 6.86. The SMILES string of the molecule is N[C@@H](CSC1CCC1)[C@](O)(Cc1cc(OCCC2CC2)ccn1)C(O)O. The van der Waals surface area contributed by atoms with E-state index in [0.717, 1.165) is 12.3 Å². The van der Waals surface area contributed by atoms with Gasteiger partial charge >= 0.3 is 0 Å². The molecule has 0 spiro atoms. The molecule has 3 rings (SSSR count). The number of nitrogens with zero attached hydrogens (tertiary/aromatic N) is 1. The van der Waals surface area contributed by atoms with Gasteiger partial charge in [-0.15, -0.1) is 0 Å². The first-order chi connectivity index (χ1) is 12.5. The van der Waals surface area contributed by atoms with Crippen molar-refractivity contribution in [3.8, 4) is 5.75 Å². The maximum absolute atomic E-state index is 10.8. The second kappa shape index (κ2) is 8.89. The van der Waals surface area contributed by atoms with E-state index >= 15 is 0 Å². The first-order valence-electron chi connectivity index (χ1n) is 9.51. The van der Waals surface area contributed by atoms with Crippen LogP contribution >= 0.6 is 11.8 Å². The van der Waals surface area contributed by atoms with E-state index in [1.165, 1.54) is 32.1 Å². The van der Waals surface area contributed by atoms with Gasteiger partial charge in [-0.2, -0.15) is 11.8 Å². The Labute approximate surface area is 159 Å². The van der Waals surface area contributed by atoms with Crippen LogP contribution in [0.3, 0.4) is 0 Å². The van der Waals surface area contributed by atoms with Crippen molar-refractivity contribution in [3.63, 3.8) is 0 Å². The van der Waals surface area contributed by atoms with Gasteiger partial charge < -0.3 is 25.8 Å². The van der Waals surface area contributed by atoms with Crippen LogP contribution in [-0.2, 0) is 6.42 Å². The zero-order chi connectivity index (χ0) is 18.6. The van der Waals surface area contributed by atoms with Crippen molar-refractivity contribution in [2.75, 3.05) is 12.4 Å². The van der Waals surface area contributed by atoms with Crippen LogP contribution < -0.4 is 10.5 Å². The van der Waals surface area contributed by atoms with Crippen LogP contribution in [0.4, 0.5) is 0 Å². The van der Waals surface area contributed by atoms with Crippen LogP contribution in [0.25, 0.3) is 0 Å². The topological polar surface area (TPSA) is 109 Å². The van der Waals surface area contributed by atoms with E-state index in [2.05, 4.69) is 4.98 Å². The van der Waals surface area contributed by atoms with E-state index in [-0.39, 0.29) is 6.42 Å². The molecule has 0 aromatic carbocycles. The number of pyridine rings is 1. The number of nitrogens with two attached hydrogens (primary N) is 1. The third-order valence-electron chi connectivity index (χ3n) is 5.40. The second-order valence-electron chi connectivity index (χ2n) is 7.60. The third-order valence-corrected chi connectivity index (χ3v) is 6.89. The lowest BCUT2D eigenvalue weighted by molar-refractivity contribution is -0.190. The third kappa shape index (κ3) is 5.33. The molecule has 0 amide bonds. The number of hydrogen-bond donors (Lipinski definition) is 4. The Morgan fingerprint density at radius 1 is 1.31 bits per heavy atom. The number of aliphatic hydroxyl groups excluding tert-OH is 1. The highest BCUT2D eigenvalue weighted by Gasteiger charge is 2.42. The lowest BCUT2D eigenvalue weighted by Gasteiger charge is -2.36. The predicted molar refractivity (Wildman–Crippen MR) is 102 cm³/mol. The molecular weight excluding hydrogens is 352 g/mol. The largest absolute Gasteiger partial charge is 0.493 e. The molecule has 1 heterocycles. The molecule has 0 unspecified atom stereocenters. The van der Waals surface area contributed by atoms with Gasteiger partial charge in [-0.25, -0.2) is 0 Å². The Morgan fingerprint density at radius 3 is 2.69 bits per heavy atom. The Bertz CT molecular complexity index is 580. The van der Waals surface area contributed by atoms with Gasteiger partial charge in [0.15, 0.2) is 6.29 Å². The molecule has 0 saturated heterocycles. The minimum atomic E-state index is -1.93. The normalized spacial score (nSPS) is 21.3. The molecule has 0 radical (unpaired) electrons. The summed E-state index contributed by atoms with van der Waals surface area (Å²) in [6, 6.07) is 2.76. The summed E-state index contributed by atoms with van der Waals surface area (Å²) in [7, 11) is 0. The average molecular weight is 383 g/mol. The van der Waals surface area contributed by atoms with E-state index in [4.69, 9.17) is 10.5 Å². The molecule has 26 heavy (non-hydrogen) atoms. The number of rotatable bonds is 11. The van der Waals surface area contributed by atoms with Gasteiger partial charge in [-0.05, 0) is 31.2 Å². The van der Waals surface area contributed by atoms with E-state index in [1.54, 1.807) is 30.1 Å². The minimum absolute atomic E-state index is 0.0309. The summed E-state index contributed by atoms with van der Waals surface area (Å²) in [6.45, 7) is 0.665. The molecule has 2 aliphatic rings. The first-order valence-corrected chi connectivity index (χ1v) is 10.6. The Morgan fingerprint density at radius 2 is 2.08 bits per heavy atom. The summed E-state index contributed by atoms with van der Waals surface area (Å²) >= 11 is 1.70. The van der Waals surface area contributed by atoms with Crippen molar-refractivity contribution in [2.45, 2.75) is 68.1 Å². The lowest BCUT2D eigenvalue weighted by Crippen LogP contribution is -2.59. The highest BCUT2D eigenvalue weighted by Crippen LogP contribution is 2.34. The predicted octanol–water partition coefficient (Wildman–Crippen LogP) is 1.46. The Hall–Kier alpha value is -0.860. The molecule has 5 N–H and O–H groups in total. The number of ether oxygens (including phenoxy) is 1. The number of thioether (sulfide) groups is 1. The fourth-order valence-corrected chi connectivity index (χ4v) is 4.45. The molecule has 2 saturated carbocycles. The van der Waals surface area contributed by atoms with Crippen LogP contribution in [0, 0.1) is 5.92 Å². The highest BCUT2D eigenvalue weighted by molar-refractivity contribution is 8.00. The fraction of sp³-hybridized carbons (Fsp3) is 0.737. The molecule has 1 aromatic rings. The molecular formula is C19H30N2O4S. The van der Waals surface area contributed by atoms with Crippen LogP contribution in [-0.4, -0.2) is 55.8 Å². The van der Waals surface area contributed by atoms with Crippen molar-refractivity contribution in [2.24, 2.45) is 11.7 Å². The van der Waals surface area contributed by atoms with Crippen molar-refractivity contribution < 1.29 is 20.1 Å². The monoisotopic (exact) mass is 382 g/mol. The van der Waals surface area contributed by atoms with E-state index in [1.807, 2.05) is 0 Å². The van der Waals surface area contributed by atoms with Gasteiger partial charge in [0.1, 0.15) is 11.4 Å². The van der Waals surface area contributed by atoms with Crippen molar-refractivity contribution in [1.82, 2.24) is 4.98 Å².